The lowest BCUT2D eigenvalue weighted by atomic mass is 10.1. The van der Waals surface area contributed by atoms with E-state index < -0.39 is 10.8 Å². The quantitative estimate of drug-likeness (QED) is 0.854. The Labute approximate surface area is 122 Å². The average molecular weight is 294 g/mol. The summed E-state index contributed by atoms with van der Waals surface area (Å²) in [7, 11) is 0.480. The van der Waals surface area contributed by atoms with Crippen molar-refractivity contribution in [2.45, 2.75) is 30.6 Å². The molecule has 0 heterocycles. The predicted octanol–water partition coefficient (Wildman–Crippen LogP) is 1.09. The molecule has 0 saturated carbocycles. The number of nitrogens with two attached hydrogens (primary N) is 1. The summed E-state index contributed by atoms with van der Waals surface area (Å²) in [5.41, 5.74) is 8.07. The lowest BCUT2D eigenvalue weighted by Crippen LogP contribution is -2.32. The lowest BCUT2D eigenvalue weighted by Gasteiger charge is -2.16. The maximum Gasteiger partial charge on any atom is 0.235 e. The van der Waals surface area contributed by atoms with Crippen LogP contribution in [-0.2, 0) is 28.4 Å². The Hall–Kier alpha value is -1.20. The number of aryl methyl sites for hydroxylation is 2. The molecule has 2 N–H and O–H groups in total. The van der Waals surface area contributed by atoms with Crippen LogP contribution >= 0.6 is 0 Å². The summed E-state index contributed by atoms with van der Waals surface area (Å²) in [5, 5.41) is 0. The summed E-state index contributed by atoms with van der Waals surface area (Å²) in [6.07, 6.45) is 4.12. The van der Waals surface area contributed by atoms with E-state index in [1.807, 2.05) is 12.1 Å². The zero-order valence-corrected chi connectivity index (χ0v) is 12.7. The SMILES string of the molecule is CN(CCCN)C(=O)CS(=O)c1ccc2c(c1)CCC2. The molecule has 1 aliphatic carbocycles. The third kappa shape index (κ3) is 3.67. The predicted molar refractivity (Wildman–Crippen MR) is 81.1 cm³/mol. The van der Waals surface area contributed by atoms with Crippen molar-refractivity contribution < 1.29 is 9.00 Å². The molecule has 110 valence electrons. The minimum Gasteiger partial charge on any atom is -0.345 e. The van der Waals surface area contributed by atoms with E-state index in [4.69, 9.17) is 5.73 Å². The largest absolute Gasteiger partial charge is 0.345 e. The zero-order valence-electron chi connectivity index (χ0n) is 11.9. The Morgan fingerprint density at radius 2 is 2.10 bits per heavy atom. The van der Waals surface area contributed by atoms with Crippen molar-refractivity contribution >= 4 is 16.7 Å². The van der Waals surface area contributed by atoms with Gasteiger partial charge in [0.15, 0.2) is 0 Å². The third-order valence-electron chi connectivity index (χ3n) is 3.71. The standard InChI is InChI=1S/C15H22N2O2S/c1-17(9-3-8-16)15(18)11-20(19)14-7-6-12-4-2-5-13(12)10-14/h6-7,10H,2-5,8-9,11,16H2,1H3. The van der Waals surface area contributed by atoms with Crippen LogP contribution in [0.5, 0.6) is 0 Å². The fourth-order valence-corrected chi connectivity index (χ4v) is 3.55. The second-order valence-corrected chi connectivity index (χ2v) is 6.68. The summed E-state index contributed by atoms with van der Waals surface area (Å²) >= 11 is 0. The Bertz CT molecular complexity index is 517. The molecule has 1 aromatic rings. The minimum atomic E-state index is -1.25. The molecule has 0 aromatic heterocycles. The first-order valence-electron chi connectivity index (χ1n) is 7.06. The molecule has 0 fully saturated rings. The van der Waals surface area contributed by atoms with E-state index in [2.05, 4.69) is 6.07 Å². The van der Waals surface area contributed by atoms with Crippen LogP contribution in [0, 0.1) is 0 Å². The molecule has 2 rings (SSSR count). The number of rotatable bonds is 6. The second-order valence-electron chi connectivity index (χ2n) is 5.23. The maximum absolute atomic E-state index is 12.3. The van der Waals surface area contributed by atoms with Crippen LogP contribution in [0.1, 0.15) is 24.0 Å². The number of nitrogens with zero attached hydrogens (tertiary/aromatic N) is 1. The fraction of sp³-hybridized carbons (Fsp3) is 0.533. The number of fused-ring (bicyclic) bond motifs is 1. The van der Waals surface area contributed by atoms with Gasteiger partial charge >= 0.3 is 0 Å². The van der Waals surface area contributed by atoms with E-state index in [1.54, 1.807) is 11.9 Å². The van der Waals surface area contributed by atoms with Crippen molar-refractivity contribution in [3.05, 3.63) is 29.3 Å². The van der Waals surface area contributed by atoms with Crippen molar-refractivity contribution in [1.82, 2.24) is 4.90 Å². The summed E-state index contributed by atoms with van der Waals surface area (Å²) in [6, 6.07) is 5.96. The van der Waals surface area contributed by atoms with Crippen LogP contribution in [0.25, 0.3) is 0 Å². The molecule has 0 saturated heterocycles. The van der Waals surface area contributed by atoms with Gasteiger partial charge < -0.3 is 10.6 Å². The zero-order chi connectivity index (χ0) is 14.5. The van der Waals surface area contributed by atoms with Gasteiger partial charge in [-0.1, -0.05) is 6.07 Å². The molecule has 5 heteroatoms. The minimum absolute atomic E-state index is 0.0554. The number of hydrogen-bond donors (Lipinski definition) is 1. The lowest BCUT2D eigenvalue weighted by molar-refractivity contribution is -0.127. The summed E-state index contributed by atoms with van der Waals surface area (Å²) in [6.45, 7) is 1.18. The Balaban J connectivity index is 1.96. The molecular formula is C15H22N2O2S. The maximum atomic E-state index is 12.3. The van der Waals surface area contributed by atoms with Crippen molar-refractivity contribution in [2.75, 3.05) is 25.9 Å². The first-order valence-corrected chi connectivity index (χ1v) is 8.38. The number of benzene rings is 1. The van der Waals surface area contributed by atoms with Gasteiger partial charge in [0.1, 0.15) is 5.75 Å². The molecule has 1 atom stereocenters. The molecule has 1 unspecified atom stereocenters. The molecule has 4 nitrogen and oxygen atoms in total. The Kier molecular flexibility index (Phi) is 5.31. The molecule has 1 aromatic carbocycles. The van der Waals surface area contributed by atoms with Gasteiger partial charge in [0.25, 0.3) is 0 Å². The van der Waals surface area contributed by atoms with Crippen LogP contribution in [0.3, 0.4) is 0 Å². The number of amides is 1. The van der Waals surface area contributed by atoms with E-state index in [0.29, 0.717) is 13.1 Å². The number of carbonyl (C=O) groups excluding carboxylic acids is 1. The van der Waals surface area contributed by atoms with Crippen molar-refractivity contribution in [2.24, 2.45) is 5.73 Å². The molecule has 0 bridgehead atoms. The molecule has 0 aliphatic heterocycles. The topological polar surface area (TPSA) is 63.4 Å². The van der Waals surface area contributed by atoms with E-state index in [0.717, 1.165) is 24.2 Å². The molecular weight excluding hydrogens is 272 g/mol. The monoisotopic (exact) mass is 294 g/mol. The first-order chi connectivity index (χ1) is 9.61. The van der Waals surface area contributed by atoms with Crippen LogP contribution in [0.15, 0.2) is 23.1 Å². The normalized spacial score (nSPS) is 14.9. The number of hydrogen-bond acceptors (Lipinski definition) is 3. The first kappa shape index (κ1) is 15.2. The summed E-state index contributed by atoms with van der Waals surface area (Å²) in [4.78, 5) is 14.3. The summed E-state index contributed by atoms with van der Waals surface area (Å²) < 4.78 is 12.3. The van der Waals surface area contributed by atoms with Gasteiger partial charge in [-0.3, -0.25) is 9.00 Å². The van der Waals surface area contributed by atoms with Gasteiger partial charge in [-0.05, 0) is 55.5 Å². The van der Waals surface area contributed by atoms with Crippen LogP contribution in [0.4, 0.5) is 0 Å². The molecule has 1 amide bonds. The van der Waals surface area contributed by atoms with Gasteiger partial charge in [0, 0.05) is 18.5 Å². The Morgan fingerprint density at radius 1 is 1.35 bits per heavy atom. The van der Waals surface area contributed by atoms with E-state index in [1.165, 1.54) is 17.5 Å². The van der Waals surface area contributed by atoms with Crippen LogP contribution < -0.4 is 5.73 Å². The number of carbonyl (C=O) groups is 1. The third-order valence-corrected chi connectivity index (χ3v) is 5.00. The van der Waals surface area contributed by atoms with E-state index in [9.17, 15) is 9.00 Å². The second kappa shape index (κ2) is 6.99. The van der Waals surface area contributed by atoms with Gasteiger partial charge in [-0.2, -0.15) is 0 Å². The Morgan fingerprint density at radius 3 is 2.85 bits per heavy atom. The smallest absolute Gasteiger partial charge is 0.235 e. The average Bonchev–Trinajstić information content (AvgIpc) is 2.91. The summed E-state index contributed by atoms with van der Waals surface area (Å²) in [5.74, 6) is -0.0304. The highest BCUT2D eigenvalue weighted by molar-refractivity contribution is 7.85. The van der Waals surface area contributed by atoms with E-state index >= 15 is 0 Å². The van der Waals surface area contributed by atoms with Crippen molar-refractivity contribution in [1.29, 1.82) is 0 Å². The van der Waals surface area contributed by atoms with Gasteiger partial charge in [0.05, 0.1) is 10.8 Å². The van der Waals surface area contributed by atoms with Gasteiger partial charge in [-0.25, -0.2) is 0 Å². The highest BCUT2D eigenvalue weighted by atomic mass is 32.2. The molecule has 1 aliphatic rings. The van der Waals surface area contributed by atoms with Crippen LogP contribution in [0.2, 0.25) is 0 Å². The van der Waals surface area contributed by atoms with E-state index in [-0.39, 0.29) is 11.7 Å². The highest BCUT2D eigenvalue weighted by Crippen LogP contribution is 2.24. The molecule has 20 heavy (non-hydrogen) atoms. The van der Waals surface area contributed by atoms with Gasteiger partial charge in [0.2, 0.25) is 5.91 Å². The highest BCUT2D eigenvalue weighted by Gasteiger charge is 2.17. The molecule has 0 radical (unpaired) electrons. The van der Waals surface area contributed by atoms with Gasteiger partial charge in [-0.15, -0.1) is 0 Å². The molecule has 0 spiro atoms. The van der Waals surface area contributed by atoms with Crippen molar-refractivity contribution in [3.63, 3.8) is 0 Å². The fourth-order valence-electron chi connectivity index (χ4n) is 2.45. The van der Waals surface area contributed by atoms with Crippen LogP contribution in [-0.4, -0.2) is 40.9 Å². The van der Waals surface area contributed by atoms with Crippen molar-refractivity contribution in [3.8, 4) is 0 Å².